The van der Waals surface area contributed by atoms with E-state index < -0.39 is 0 Å². The molecule has 0 unspecified atom stereocenters. The Labute approximate surface area is 53.9 Å². The van der Waals surface area contributed by atoms with E-state index in [-0.39, 0.29) is 0 Å². The maximum Gasteiger partial charge on any atom is 0.142 e. The molecule has 4 heteroatoms. The van der Waals surface area contributed by atoms with Crippen LogP contribution >= 0.6 is 0 Å². The molecule has 0 aromatic heterocycles. The molecule has 0 aromatic rings. The summed E-state index contributed by atoms with van der Waals surface area (Å²) in [6, 6.07) is 0. The molecule has 0 amide bonds. The first-order chi connectivity index (χ1) is 4.47. The van der Waals surface area contributed by atoms with E-state index in [0.29, 0.717) is 0 Å². The predicted molar refractivity (Wildman–Crippen MR) is 34.3 cm³/mol. The van der Waals surface area contributed by atoms with Gasteiger partial charge >= 0.3 is 0 Å². The lowest BCUT2D eigenvalue weighted by Gasteiger charge is -2.22. The van der Waals surface area contributed by atoms with Gasteiger partial charge in [0, 0.05) is 13.0 Å². The van der Waals surface area contributed by atoms with Gasteiger partial charge in [-0.2, -0.15) is 0 Å². The van der Waals surface area contributed by atoms with Crippen molar-refractivity contribution >= 4 is 5.84 Å². The molecule has 0 radical (unpaired) electrons. The summed E-state index contributed by atoms with van der Waals surface area (Å²) < 4.78 is 0. The van der Waals surface area contributed by atoms with Crippen molar-refractivity contribution in [2.24, 2.45) is 5.10 Å². The van der Waals surface area contributed by atoms with Crippen LogP contribution in [0, 0.1) is 0 Å². The van der Waals surface area contributed by atoms with E-state index >= 15 is 0 Å². The van der Waals surface area contributed by atoms with Gasteiger partial charge in [-0.3, -0.25) is 5.01 Å². The molecule has 0 saturated carbocycles. The molecular weight excluding hydrogens is 116 g/mol. The fraction of sp³-hybridized carbons (Fsp3) is 0.800. The summed E-state index contributed by atoms with van der Waals surface area (Å²) in [4.78, 5) is 0. The van der Waals surface area contributed by atoms with Crippen LogP contribution in [0.5, 0.6) is 0 Å². The van der Waals surface area contributed by atoms with E-state index in [9.17, 15) is 0 Å². The van der Waals surface area contributed by atoms with Gasteiger partial charge in [0.1, 0.15) is 5.84 Å². The molecule has 9 heavy (non-hydrogen) atoms. The predicted octanol–water partition coefficient (Wildman–Crippen LogP) is -0.191. The number of amidine groups is 1. The van der Waals surface area contributed by atoms with Crippen LogP contribution in [0.25, 0.3) is 0 Å². The zero-order valence-corrected chi connectivity index (χ0v) is 5.22. The lowest BCUT2D eigenvalue weighted by molar-refractivity contribution is 0.271. The number of piperidine rings is 1. The third-order valence-electron chi connectivity index (χ3n) is 1.71. The summed E-state index contributed by atoms with van der Waals surface area (Å²) in [6.45, 7) is 1.09. The fourth-order valence-corrected chi connectivity index (χ4v) is 1.20. The summed E-state index contributed by atoms with van der Waals surface area (Å²) in [5, 5.41) is 6.10. The Bertz CT molecular complexity index is 142. The largest absolute Gasteiger partial charge is 0.275 e. The quantitative estimate of drug-likeness (QED) is 0.472. The number of nitrogens with one attached hydrogen (secondary N) is 2. The van der Waals surface area contributed by atoms with Gasteiger partial charge in [0.05, 0.1) is 0 Å². The average molecular weight is 126 g/mol. The normalized spacial score (nSPS) is 24.9. The minimum atomic E-state index is 1.09. The number of hydrogen-bond acceptors (Lipinski definition) is 4. The van der Waals surface area contributed by atoms with E-state index in [0.717, 1.165) is 18.8 Å². The summed E-state index contributed by atoms with van der Waals surface area (Å²) in [5.41, 5.74) is 5.67. The molecule has 2 aliphatic rings. The molecule has 2 aliphatic heterocycles. The lowest BCUT2D eigenvalue weighted by atomic mass is 10.1. The first-order valence-corrected chi connectivity index (χ1v) is 3.31. The minimum absolute atomic E-state index is 1.09. The van der Waals surface area contributed by atoms with Crippen LogP contribution in [0.15, 0.2) is 5.10 Å². The van der Waals surface area contributed by atoms with E-state index in [1.807, 2.05) is 0 Å². The second-order valence-corrected chi connectivity index (χ2v) is 2.36. The molecule has 2 heterocycles. The Balaban J connectivity index is 2.09. The highest BCUT2D eigenvalue weighted by Gasteiger charge is 2.19. The smallest absolute Gasteiger partial charge is 0.142 e. The number of hydrazone groups is 1. The van der Waals surface area contributed by atoms with Gasteiger partial charge in [0.15, 0.2) is 0 Å². The minimum Gasteiger partial charge on any atom is -0.275 e. The number of rotatable bonds is 0. The molecule has 0 aliphatic carbocycles. The second-order valence-electron chi connectivity index (χ2n) is 2.36. The van der Waals surface area contributed by atoms with Crippen molar-refractivity contribution in [3.05, 3.63) is 0 Å². The maximum absolute atomic E-state index is 4.04. The monoisotopic (exact) mass is 126 g/mol. The van der Waals surface area contributed by atoms with Crippen LogP contribution in [0.1, 0.15) is 19.3 Å². The van der Waals surface area contributed by atoms with Crippen LogP contribution in [0.4, 0.5) is 0 Å². The molecular formula is C5H10N4. The van der Waals surface area contributed by atoms with Crippen LogP contribution < -0.4 is 11.1 Å². The fourth-order valence-electron chi connectivity index (χ4n) is 1.20. The lowest BCUT2D eigenvalue weighted by Crippen LogP contribution is -2.43. The number of fused-ring (bicyclic) bond motifs is 1. The standard InChI is InChI=1S/C5H10N4/c1-2-4-9-5(3-1)6-7-8-9/h7-8H,1-4H2. The van der Waals surface area contributed by atoms with Gasteiger partial charge in [-0.1, -0.05) is 0 Å². The van der Waals surface area contributed by atoms with Gasteiger partial charge in [-0.05, 0) is 12.8 Å². The first kappa shape index (κ1) is 5.05. The Morgan fingerprint density at radius 1 is 1.44 bits per heavy atom. The topological polar surface area (TPSA) is 39.7 Å². The van der Waals surface area contributed by atoms with Crippen molar-refractivity contribution in [1.29, 1.82) is 0 Å². The van der Waals surface area contributed by atoms with E-state index in [2.05, 4.69) is 21.2 Å². The zero-order chi connectivity index (χ0) is 6.10. The second kappa shape index (κ2) is 1.88. The highest BCUT2D eigenvalue weighted by Crippen LogP contribution is 2.10. The van der Waals surface area contributed by atoms with Crippen molar-refractivity contribution in [1.82, 2.24) is 16.1 Å². The SMILES string of the molecule is C1CCN2NNN=C2C1. The van der Waals surface area contributed by atoms with Crippen molar-refractivity contribution in [2.75, 3.05) is 6.54 Å². The molecule has 2 N–H and O–H groups in total. The first-order valence-electron chi connectivity index (χ1n) is 3.31. The van der Waals surface area contributed by atoms with Gasteiger partial charge in [0.25, 0.3) is 0 Å². The summed E-state index contributed by atoms with van der Waals surface area (Å²) >= 11 is 0. The maximum atomic E-state index is 4.04. The molecule has 4 nitrogen and oxygen atoms in total. The van der Waals surface area contributed by atoms with E-state index in [1.165, 1.54) is 12.8 Å². The number of hydrogen-bond donors (Lipinski definition) is 2. The molecule has 1 fully saturated rings. The highest BCUT2D eigenvalue weighted by molar-refractivity contribution is 5.83. The van der Waals surface area contributed by atoms with Crippen molar-refractivity contribution in [3.8, 4) is 0 Å². The summed E-state index contributed by atoms with van der Waals surface area (Å²) in [6.07, 6.45) is 3.66. The van der Waals surface area contributed by atoms with Crippen molar-refractivity contribution in [3.63, 3.8) is 0 Å². The molecule has 0 bridgehead atoms. The zero-order valence-electron chi connectivity index (χ0n) is 5.22. The molecule has 50 valence electrons. The third-order valence-corrected chi connectivity index (χ3v) is 1.71. The summed E-state index contributed by atoms with van der Waals surface area (Å²) in [5.74, 6) is 1.15. The van der Waals surface area contributed by atoms with E-state index in [1.54, 1.807) is 0 Å². The number of hydrazine groups is 2. The summed E-state index contributed by atoms with van der Waals surface area (Å²) in [7, 11) is 0. The molecule has 2 rings (SSSR count). The van der Waals surface area contributed by atoms with Crippen molar-refractivity contribution < 1.29 is 0 Å². The van der Waals surface area contributed by atoms with Crippen LogP contribution in [0.2, 0.25) is 0 Å². The van der Waals surface area contributed by atoms with Crippen LogP contribution in [-0.4, -0.2) is 17.4 Å². The molecule has 0 spiro atoms. The Morgan fingerprint density at radius 3 is 3.33 bits per heavy atom. The Hall–Kier alpha value is -0.770. The van der Waals surface area contributed by atoms with Gasteiger partial charge in [0.2, 0.25) is 0 Å². The number of nitrogens with zero attached hydrogens (tertiary/aromatic N) is 2. The molecule has 0 atom stereocenters. The van der Waals surface area contributed by atoms with Gasteiger partial charge < -0.3 is 0 Å². The van der Waals surface area contributed by atoms with Crippen LogP contribution in [0.3, 0.4) is 0 Å². The third kappa shape index (κ3) is 0.751. The van der Waals surface area contributed by atoms with Gasteiger partial charge in [-0.15, -0.1) is 10.6 Å². The van der Waals surface area contributed by atoms with E-state index in [4.69, 9.17) is 0 Å². The molecule has 1 saturated heterocycles. The van der Waals surface area contributed by atoms with Crippen molar-refractivity contribution in [2.45, 2.75) is 19.3 Å². The Morgan fingerprint density at radius 2 is 2.44 bits per heavy atom. The van der Waals surface area contributed by atoms with Crippen LogP contribution in [-0.2, 0) is 0 Å². The Kier molecular flexibility index (Phi) is 1.05. The van der Waals surface area contributed by atoms with Gasteiger partial charge in [-0.25, -0.2) is 5.53 Å². The molecule has 0 aromatic carbocycles. The average Bonchev–Trinajstić information content (AvgIpc) is 2.33. The highest BCUT2D eigenvalue weighted by atomic mass is 15.8.